The molecule has 1 aromatic rings. The highest BCUT2D eigenvalue weighted by molar-refractivity contribution is 5.97. The number of piperazine rings is 1. The summed E-state index contributed by atoms with van der Waals surface area (Å²) >= 11 is 0. The van der Waals surface area contributed by atoms with Gasteiger partial charge in [-0.1, -0.05) is 26.0 Å². The molecule has 1 aliphatic heterocycles. The summed E-state index contributed by atoms with van der Waals surface area (Å²) in [5.74, 6) is -0.819. The van der Waals surface area contributed by atoms with Crippen LogP contribution in [0.25, 0.3) is 0 Å². The number of nitrogens with one attached hydrogen (secondary N) is 1. The second-order valence-electron chi connectivity index (χ2n) is 12.3. The van der Waals surface area contributed by atoms with E-state index in [1.54, 1.807) is 25.9 Å². The predicted octanol–water partition coefficient (Wildman–Crippen LogP) is 1.12. The first-order chi connectivity index (χ1) is 18.6. The molecule has 1 saturated heterocycles. The number of methoxy groups -OCH3 is 1. The van der Waals surface area contributed by atoms with Gasteiger partial charge in [0.05, 0.1) is 30.4 Å². The second-order valence-corrected chi connectivity index (χ2v) is 12.3. The number of nitrogens with zero attached hydrogens (tertiary/aromatic N) is 2. The number of aliphatic hydroxyl groups excluding tert-OH is 1. The largest absolute Gasteiger partial charge is 0.489 e. The monoisotopic (exact) mass is 563 g/mol. The van der Waals surface area contributed by atoms with E-state index in [4.69, 9.17) is 20.9 Å². The number of amides is 3. The molecule has 1 aromatic carbocycles. The van der Waals surface area contributed by atoms with Crippen LogP contribution in [-0.2, 0) is 19.1 Å². The van der Waals surface area contributed by atoms with E-state index in [1.165, 1.54) is 0 Å². The summed E-state index contributed by atoms with van der Waals surface area (Å²) in [6, 6.07) is 6.75. The second kappa shape index (κ2) is 14.2. The van der Waals surface area contributed by atoms with E-state index < -0.39 is 34.9 Å². The number of anilines is 1. The molecule has 11 heteroatoms. The van der Waals surface area contributed by atoms with E-state index in [1.807, 2.05) is 56.9 Å². The predicted molar refractivity (Wildman–Crippen MR) is 155 cm³/mol. The summed E-state index contributed by atoms with van der Waals surface area (Å²) in [6.45, 7) is 12.9. The Morgan fingerprint density at radius 1 is 1.20 bits per heavy atom. The lowest BCUT2D eigenvalue weighted by atomic mass is 9.86. The Morgan fingerprint density at radius 3 is 2.45 bits per heavy atom. The zero-order valence-corrected chi connectivity index (χ0v) is 25.1. The van der Waals surface area contributed by atoms with E-state index in [9.17, 15) is 19.5 Å². The molecule has 1 aliphatic rings. The van der Waals surface area contributed by atoms with E-state index in [0.717, 1.165) is 0 Å². The fourth-order valence-electron chi connectivity index (χ4n) is 4.63. The molecular formula is C29H49N5O6. The highest BCUT2D eigenvalue weighted by atomic mass is 16.5. The molecule has 0 saturated carbocycles. The molecule has 3 amide bonds. The van der Waals surface area contributed by atoms with Crippen LogP contribution in [0.15, 0.2) is 24.3 Å². The van der Waals surface area contributed by atoms with Gasteiger partial charge in [0.2, 0.25) is 17.7 Å². The zero-order chi connectivity index (χ0) is 30.3. The Morgan fingerprint density at radius 2 is 1.85 bits per heavy atom. The summed E-state index contributed by atoms with van der Waals surface area (Å²) in [7, 11) is 1.60. The van der Waals surface area contributed by atoms with Gasteiger partial charge in [0.15, 0.2) is 0 Å². The third-order valence-corrected chi connectivity index (χ3v) is 7.66. The van der Waals surface area contributed by atoms with Crippen LogP contribution < -0.4 is 26.4 Å². The molecule has 1 fully saturated rings. The molecule has 11 nitrogen and oxygen atoms in total. The molecule has 40 heavy (non-hydrogen) atoms. The summed E-state index contributed by atoms with van der Waals surface area (Å²) in [5, 5.41) is 13.8. The minimum Gasteiger partial charge on any atom is -0.489 e. The number of nitrogens with two attached hydrogens (primary N) is 2. The van der Waals surface area contributed by atoms with Crippen LogP contribution >= 0.6 is 0 Å². The van der Waals surface area contributed by atoms with Gasteiger partial charge in [-0.05, 0) is 52.2 Å². The minimum absolute atomic E-state index is 0.0636. The van der Waals surface area contributed by atoms with E-state index in [-0.39, 0.29) is 43.8 Å². The van der Waals surface area contributed by atoms with Crippen molar-refractivity contribution in [2.24, 2.45) is 28.7 Å². The number of carbonyl (C=O) groups is 3. The Kier molecular flexibility index (Phi) is 11.9. The van der Waals surface area contributed by atoms with E-state index in [0.29, 0.717) is 31.2 Å². The zero-order valence-electron chi connectivity index (χ0n) is 25.1. The SMILES string of the molecule is COCCOc1ccccc1N1CC(C)(C)N(C[C@H](N)[C@@H](O)C[C@H](C(=O)NCC(C)(C)C(N)=O)C(C)C)CC1=O. The van der Waals surface area contributed by atoms with Crippen molar-refractivity contribution in [2.75, 3.05) is 51.4 Å². The van der Waals surface area contributed by atoms with Gasteiger partial charge in [-0.25, -0.2) is 0 Å². The molecule has 226 valence electrons. The van der Waals surface area contributed by atoms with Crippen molar-refractivity contribution in [3.63, 3.8) is 0 Å². The normalized spacial score (nSPS) is 18.4. The van der Waals surface area contributed by atoms with Crippen LogP contribution in [0, 0.1) is 17.3 Å². The Balaban J connectivity index is 2.06. The van der Waals surface area contributed by atoms with Crippen molar-refractivity contribution < 1.29 is 29.0 Å². The van der Waals surface area contributed by atoms with Gasteiger partial charge in [-0.2, -0.15) is 0 Å². The molecule has 0 spiro atoms. The maximum Gasteiger partial charge on any atom is 0.241 e. The average Bonchev–Trinajstić information content (AvgIpc) is 2.88. The van der Waals surface area contributed by atoms with Gasteiger partial charge in [0.25, 0.3) is 0 Å². The molecule has 0 aliphatic carbocycles. The van der Waals surface area contributed by atoms with Gasteiger partial charge in [0, 0.05) is 44.2 Å². The molecule has 0 unspecified atom stereocenters. The number of hydrogen-bond donors (Lipinski definition) is 4. The third kappa shape index (κ3) is 8.89. The summed E-state index contributed by atoms with van der Waals surface area (Å²) < 4.78 is 10.9. The highest BCUT2D eigenvalue weighted by Gasteiger charge is 2.41. The molecule has 0 aromatic heterocycles. The van der Waals surface area contributed by atoms with Gasteiger partial charge in [0.1, 0.15) is 12.4 Å². The van der Waals surface area contributed by atoms with Crippen LogP contribution in [0.4, 0.5) is 5.69 Å². The van der Waals surface area contributed by atoms with Crippen molar-refractivity contribution in [3.05, 3.63) is 24.3 Å². The van der Waals surface area contributed by atoms with Crippen molar-refractivity contribution in [1.82, 2.24) is 10.2 Å². The Bertz CT molecular complexity index is 1010. The molecular weight excluding hydrogens is 514 g/mol. The van der Waals surface area contributed by atoms with Gasteiger partial charge in [-0.3, -0.25) is 19.3 Å². The molecule has 2 rings (SSSR count). The standard InChI is InChI=1S/C29H49N5O6/c1-19(2)20(26(37)32-17-28(3,4)27(31)38)14-23(35)21(30)15-33-16-25(36)34(18-29(33,5)6)22-10-8-9-11-24(22)40-13-12-39-7/h8-11,19-21,23,35H,12-18,30H2,1-7H3,(H2,31,38)(H,32,37)/t20-,21-,23-/m0/s1. The molecule has 1 heterocycles. The number of para-hydroxylation sites is 2. The van der Waals surface area contributed by atoms with Crippen LogP contribution in [0.2, 0.25) is 0 Å². The topological polar surface area (TPSA) is 160 Å². The molecule has 6 N–H and O–H groups in total. The van der Waals surface area contributed by atoms with Gasteiger partial charge in [-0.15, -0.1) is 0 Å². The summed E-state index contributed by atoms with van der Waals surface area (Å²) in [5.41, 5.74) is 11.2. The first kappa shape index (κ1) is 33.5. The average molecular weight is 564 g/mol. The van der Waals surface area contributed by atoms with Crippen LogP contribution in [0.1, 0.15) is 48.0 Å². The smallest absolute Gasteiger partial charge is 0.241 e. The van der Waals surface area contributed by atoms with Crippen molar-refractivity contribution in [3.8, 4) is 5.75 Å². The first-order valence-corrected chi connectivity index (χ1v) is 13.9. The van der Waals surface area contributed by atoms with Crippen LogP contribution in [0.5, 0.6) is 5.75 Å². The number of ether oxygens (including phenoxy) is 2. The third-order valence-electron chi connectivity index (χ3n) is 7.66. The lowest BCUT2D eigenvalue weighted by molar-refractivity contribution is -0.130. The maximum absolute atomic E-state index is 13.3. The molecule has 0 radical (unpaired) electrons. The fraction of sp³-hybridized carbons (Fsp3) is 0.690. The quantitative estimate of drug-likeness (QED) is 0.231. The lowest BCUT2D eigenvalue weighted by Crippen LogP contribution is -2.64. The first-order valence-electron chi connectivity index (χ1n) is 13.9. The van der Waals surface area contributed by atoms with Crippen molar-refractivity contribution in [1.29, 1.82) is 0 Å². The number of benzene rings is 1. The highest BCUT2D eigenvalue weighted by Crippen LogP contribution is 2.33. The van der Waals surface area contributed by atoms with Crippen molar-refractivity contribution >= 4 is 23.4 Å². The fourth-order valence-corrected chi connectivity index (χ4v) is 4.63. The number of hydrogen-bond acceptors (Lipinski definition) is 8. The van der Waals surface area contributed by atoms with E-state index in [2.05, 4.69) is 5.32 Å². The van der Waals surface area contributed by atoms with Crippen molar-refractivity contribution in [2.45, 2.75) is 65.6 Å². The van der Waals surface area contributed by atoms with Gasteiger partial charge >= 0.3 is 0 Å². The Labute approximate surface area is 238 Å². The number of carbonyl (C=O) groups excluding carboxylic acids is 3. The Hall–Kier alpha value is -2.73. The van der Waals surface area contributed by atoms with Crippen LogP contribution in [0.3, 0.4) is 0 Å². The summed E-state index contributed by atoms with van der Waals surface area (Å²) in [6.07, 6.45) is -0.816. The molecule has 3 atom stereocenters. The maximum atomic E-state index is 13.3. The number of aliphatic hydroxyl groups is 1. The lowest BCUT2D eigenvalue weighted by Gasteiger charge is -2.48. The van der Waals surface area contributed by atoms with Gasteiger partial charge < -0.3 is 36.3 Å². The number of primary amides is 1. The summed E-state index contributed by atoms with van der Waals surface area (Å²) in [4.78, 5) is 41.6. The molecule has 0 bridgehead atoms. The number of rotatable bonds is 15. The van der Waals surface area contributed by atoms with E-state index >= 15 is 0 Å². The minimum atomic E-state index is -0.971. The van der Waals surface area contributed by atoms with Crippen LogP contribution in [-0.4, -0.2) is 91.9 Å².